The molecule has 1 saturated heterocycles. The lowest BCUT2D eigenvalue weighted by molar-refractivity contribution is 0.284. The van der Waals surface area contributed by atoms with Crippen molar-refractivity contribution >= 4 is 10.2 Å². The molecule has 2 heterocycles. The third-order valence-corrected chi connectivity index (χ3v) is 9.12. The van der Waals surface area contributed by atoms with Gasteiger partial charge in [0.15, 0.2) is 0 Å². The van der Waals surface area contributed by atoms with E-state index in [4.69, 9.17) is 9.72 Å². The summed E-state index contributed by atoms with van der Waals surface area (Å²) in [5.74, 6) is 1.53. The molecule has 1 aliphatic heterocycles. The Balaban J connectivity index is 1.27. The van der Waals surface area contributed by atoms with E-state index in [-0.39, 0.29) is 12.6 Å². The Morgan fingerprint density at radius 1 is 1.00 bits per heavy atom. The number of likely N-dealkylation sites (N-methyl/N-ethyl adjacent to an activating group) is 1. The van der Waals surface area contributed by atoms with E-state index in [2.05, 4.69) is 26.7 Å². The first-order valence-electron chi connectivity index (χ1n) is 13.8. The summed E-state index contributed by atoms with van der Waals surface area (Å²) in [7, 11) is -2.01. The number of hydrogen-bond donors (Lipinski definition) is 2. The van der Waals surface area contributed by atoms with E-state index >= 15 is 0 Å². The van der Waals surface area contributed by atoms with Gasteiger partial charge in [0, 0.05) is 56.3 Å². The Kier molecular flexibility index (Phi) is 8.96. The topological polar surface area (TPSA) is 90.6 Å². The van der Waals surface area contributed by atoms with Crippen LogP contribution in [0.25, 0.3) is 22.6 Å². The monoisotopic (exact) mass is 559 g/mol. The van der Waals surface area contributed by atoms with Crippen molar-refractivity contribution in [2.75, 3.05) is 33.3 Å². The van der Waals surface area contributed by atoms with Crippen molar-refractivity contribution in [3.8, 4) is 28.4 Å². The summed E-state index contributed by atoms with van der Waals surface area (Å²) in [5, 5.41) is 0. The molecule has 1 fully saturated rings. The van der Waals surface area contributed by atoms with Gasteiger partial charge in [-0.3, -0.25) is 4.90 Å². The number of aromatic amines is 1. The van der Waals surface area contributed by atoms with Crippen LogP contribution < -0.4 is 9.46 Å². The molecule has 0 amide bonds. The van der Waals surface area contributed by atoms with Crippen LogP contribution in [0.15, 0.2) is 84.9 Å². The molecule has 0 spiro atoms. The van der Waals surface area contributed by atoms with Gasteiger partial charge in [0.25, 0.3) is 10.2 Å². The van der Waals surface area contributed by atoms with E-state index < -0.39 is 10.2 Å². The molecule has 1 atom stereocenters. The highest BCUT2D eigenvalue weighted by atomic mass is 32.2. The standard InChI is InChI=1S/C31H37N5O3S/c1-3-36(27-19-21-35(23-27)22-24-10-6-4-7-11-24)40(37,38)32-20-18-29-30(25-14-16-28(39-2)17-15-25)34-31(33-29)26-12-8-5-9-13-26/h4-17,27,32H,3,18-23H2,1-2H3,(H,33,34)/t27-/m0/s1. The molecule has 3 aromatic carbocycles. The molecular formula is C31H37N5O3S. The van der Waals surface area contributed by atoms with Crippen molar-refractivity contribution in [1.29, 1.82) is 0 Å². The number of methoxy groups -OCH3 is 1. The smallest absolute Gasteiger partial charge is 0.279 e. The van der Waals surface area contributed by atoms with E-state index in [1.807, 2.05) is 79.7 Å². The number of hydrogen-bond acceptors (Lipinski definition) is 5. The van der Waals surface area contributed by atoms with Gasteiger partial charge in [-0.2, -0.15) is 12.7 Å². The normalized spacial score (nSPS) is 16.0. The summed E-state index contributed by atoms with van der Waals surface area (Å²) in [5.41, 5.74) is 4.87. The van der Waals surface area contributed by atoms with Crippen molar-refractivity contribution in [3.63, 3.8) is 0 Å². The molecule has 210 valence electrons. The van der Waals surface area contributed by atoms with Crippen LogP contribution in [0, 0.1) is 0 Å². The molecule has 4 aromatic rings. The van der Waals surface area contributed by atoms with E-state index in [1.54, 1.807) is 11.4 Å². The molecule has 8 nitrogen and oxygen atoms in total. The molecule has 0 saturated carbocycles. The van der Waals surface area contributed by atoms with Gasteiger partial charge in [-0.15, -0.1) is 0 Å². The number of benzene rings is 3. The van der Waals surface area contributed by atoms with Crippen LogP contribution in [0.4, 0.5) is 0 Å². The lowest BCUT2D eigenvalue weighted by Gasteiger charge is -2.27. The van der Waals surface area contributed by atoms with Crippen molar-refractivity contribution in [2.24, 2.45) is 0 Å². The Bertz CT molecular complexity index is 1470. The van der Waals surface area contributed by atoms with Crippen LogP contribution in [0.3, 0.4) is 0 Å². The molecule has 1 aromatic heterocycles. The average molecular weight is 560 g/mol. The fourth-order valence-corrected chi connectivity index (χ4v) is 6.79. The average Bonchev–Trinajstić information content (AvgIpc) is 3.62. The fraction of sp³-hybridized carbons (Fsp3) is 0.323. The van der Waals surface area contributed by atoms with Crippen LogP contribution in [-0.2, 0) is 23.2 Å². The number of imidazole rings is 1. The summed E-state index contributed by atoms with van der Waals surface area (Å²) in [6.45, 7) is 5.02. The number of rotatable bonds is 12. The second kappa shape index (κ2) is 12.8. The molecule has 0 aliphatic carbocycles. The van der Waals surface area contributed by atoms with Gasteiger partial charge in [-0.25, -0.2) is 9.71 Å². The minimum Gasteiger partial charge on any atom is -0.497 e. The summed E-state index contributed by atoms with van der Waals surface area (Å²) in [6, 6.07) is 28.0. The van der Waals surface area contributed by atoms with Gasteiger partial charge in [-0.1, -0.05) is 67.6 Å². The maximum absolute atomic E-state index is 13.4. The number of likely N-dealkylation sites (tertiary alicyclic amines) is 1. The maximum Gasteiger partial charge on any atom is 0.279 e. The van der Waals surface area contributed by atoms with Crippen LogP contribution in [0.5, 0.6) is 5.75 Å². The van der Waals surface area contributed by atoms with Crippen LogP contribution in [0.1, 0.15) is 24.6 Å². The first-order valence-corrected chi connectivity index (χ1v) is 15.2. The lowest BCUT2D eigenvalue weighted by atomic mass is 10.1. The Morgan fingerprint density at radius 3 is 2.38 bits per heavy atom. The van der Waals surface area contributed by atoms with Crippen molar-refractivity contribution in [1.82, 2.24) is 23.9 Å². The van der Waals surface area contributed by atoms with Crippen molar-refractivity contribution in [3.05, 3.63) is 96.2 Å². The van der Waals surface area contributed by atoms with E-state index in [1.165, 1.54) is 5.56 Å². The zero-order valence-electron chi connectivity index (χ0n) is 23.1. The predicted octanol–water partition coefficient (Wildman–Crippen LogP) is 4.73. The molecule has 0 bridgehead atoms. The fourth-order valence-electron chi connectivity index (χ4n) is 5.36. The van der Waals surface area contributed by atoms with Crippen molar-refractivity contribution in [2.45, 2.75) is 32.4 Å². The molecule has 40 heavy (non-hydrogen) atoms. The number of nitrogens with zero attached hydrogens (tertiary/aromatic N) is 3. The van der Waals surface area contributed by atoms with Crippen LogP contribution in [-0.4, -0.2) is 66.9 Å². The largest absolute Gasteiger partial charge is 0.497 e. The highest BCUT2D eigenvalue weighted by Gasteiger charge is 2.33. The highest BCUT2D eigenvalue weighted by Crippen LogP contribution is 2.28. The molecule has 0 unspecified atom stereocenters. The molecule has 0 radical (unpaired) electrons. The van der Waals surface area contributed by atoms with E-state index in [0.29, 0.717) is 13.0 Å². The van der Waals surface area contributed by atoms with Crippen molar-refractivity contribution < 1.29 is 13.2 Å². The third-order valence-electron chi connectivity index (χ3n) is 7.38. The number of H-pyrrole nitrogens is 1. The second-order valence-corrected chi connectivity index (χ2v) is 11.7. The maximum atomic E-state index is 13.4. The minimum absolute atomic E-state index is 0.0452. The molecule has 1 aliphatic rings. The zero-order chi connectivity index (χ0) is 28.0. The quantitative estimate of drug-likeness (QED) is 0.262. The van der Waals surface area contributed by atoms with Gasteiger partial charge in [0.05, 0.1) is 18.5 Å². The molecule has 9 heteroatoms. The van der Waals surface area contributed by atoms with Gasteiger partial charge < -0.3 is 9.72 Å². The minimum atomic E-state index is -3.65. The predicted molar refractivity (Wildman–Crippen MR) is 159 cm³/mol. The van der Waals surface area contributed by atoms with E-state index in [0.717, 1.165) is 60.1 Å². The lowest BCUT2D eigenvalue weighted by Crippen LogP contribution is -2.48. The zero-order valence-corrected chi connectivity index (χ0v) is 23.9. The van der Waals surface area contributed by atoms with Gasteiger partial charge >= 0.3 is 0 Å². The summed E-state index contributed by atoms with van der Waals surface area (Å²) in [4.78, 5) is 10.7. The summed E-state index contributed by atoms with van der Waals surface area (Å²) in [6.07, 6.45) is 1.27. The van der Waals surface area contributed by atoms with E-state index in [9.17, 15) is 8.42 Å². The Labute approximate surface area is 237 Å². The second-order valence-electron chi connectivity index (χ2n) is 10.0. The highest BCUT2D eigenvalue weighted by molar-refractivity contribution is 7.87. The Morgan fingerprint density at radius 2 is 1.70 bits per heavy atom. The molecular weight excluding hydrogens is 522 g/mol. The summed E-state index contributed by atoms with van der Waals surface area (Å²) < 4.78 is 36.6. The first-order chi connectivity index (χ1) is 19.5. The number of nitrogens with one attached hydrogen (secondary N) is 2. The SMILES string of the molecule is CCN([C@H]1CCN(Cc2ccccc2)C1)S(=O)(=O)NCCc1nc(-c2ccccc2)[nH]c1-c1ccc(OC)cc1. The van der Waals surface area contributed by atoms with Crippen LogP contribution in [0.2, 0.25) is 0 Å². The van der Waals surface area contributed by atoms with Crippen LogP contribution >= 0.6 is 0 Å². The first kappa shape index (κ1) is 28.0. The molecule has 5 rings (SSSR count). The van der Waals surface area contributed by atoms with Gasteiger partial charge in [0.2, 0.25) is 0 Å². The number of aromatic nitrogens is 2. The summed E-state index contributed by atoms with van der Waals surface area (Å²) >= 11 is 0. The Hall–Kier alpha value is -3.50. The third kappa shape index (κ3) is 6.62. The van der Waals surface area contributed by atoms with Gasteiger partial charge in [-0.05, 0) is 36.2 Å². The van der Waals surface area contributed by atoms with Gasteiger partial charge in [0.1, 0.15) is 11.6 Å². The number of ether oxygens (including phenoxy) is 1. The molecule has 2 N–H and O–H groups in total.